The number of hydrogen-bond acceptors (Lipinski definition) is 9. The van der Waals surface area contributed by atoms with Crippen molar-refractivity contribution in [2.45, 2.75) is 26.2 Å². The van der Waals surface area contributed by atoms with Gasteiger partial charge in [0, 0.05) is 11.8 Å². The molecule has 1 aliphatic rings. The summed E-state index contributed by atoms with van der Waals surface area (Å²) >= 11 is 0. The van der Waals surface area contributed by atoms with Crippen molar-refractivity contribution >= 4 is 17.9 Å². The Hall–Kier alpha value is -4.02. The average Bonchev–Trinajstić information content (AvgIpc) is 3.41. The Kier molecular flexibility index (Phi) is 6.01. The van der Waals surface area contributed by atoms with Crippen LogP contribution in [0.2, 0.25) is 0 Å². The van der Waals surface area contributed by atoms with E-state index in [-0.39, 0.29) is 17.3 Å². The highest BCUT2D eigenvalue weighted by Gasteiger charge is 2.25. The monoisotopic (exact) mass is 422 g/mol. The highest BCUT2D eigenvalue weighted by Crippen LogP contribution is 2.28. The molecule has 1 aromatic carbocycles. The van der Waals surface area contributed by atoms with Crippen molar-refractivity contribution < 1.29 is 14.2 Å². The summed E-state index contributed by atoms with van der Waals surface area (Å²) in [6.07, 6.45) is 8.94. The van der Waals surface area contributed by atoms with Crippen molar-refractivity contribution in [1.82, 2.24) is 30.7 Å². The molecule has 0 radical (unpaired) electrons. The highest BCUT2D eigenvalue weighted by atomic mass is 16.6. The number of nitrogens with one attached hydrogen (secondary N) is 1. The summed E-state index contributed by atoms with van der Waals surface area (Å²) in [7, 11) is 0. The largest absolute Gasteiger partial charge is 0.494 e. The van der Waals surface area contributed by atoms with E-state index >= 15 is 0 Å². The zero-order valence-corrected chi connectivity index (χ0v) is 16.9. The van der Waals surface area contributed by atoms with Crippen molar-refractivity contribution in [3.05, 3.63) is 42.1 Å². The van der Waals surface area contributed by atoms with Crippen LogP contribution in [-0.2, 0) is 0 Å². The standard InChI is InChI=1S/C20H22N8O3/c1-2-30-15-10-8-14(9-11-15)17-16(23-27-28(17)19-18(21)25-31-26-19)20(29)24-22-12-13-6-4-3-5-7-13/h3-4,8-13H,2,5-7H2,1H3,(H2,21,25)(H,24,29)/b22-12-/t13-/m0/s1. The van der Waals surface area contributed by atoms with Crippen LogP contribution in [0.3, 0.4) is 0 Å². The Labute approximate surface area is 177 Å². The molecule has 0 saturated heterocycles. The molecule has 0 unspecified atom stereocenters. The smallest absolute Gasteiger partial charge is 0.294 e. The fourth-order valence-corrected chi connectivity index (χ4v) is 3.26. The zero-order chi connectivity index (χ0) is 21.6. The topological polar surface area (TPSA) is 146 Å². The number of carbonyl (C=O) groups is 1. The van der Waals surface area contributed by atoms with Crippen molar-refractivity contribution in [2.24, 2.45) is 11.0 Å². The number of allylic oxidation sites excluding steroid dienone is 2. The number of hydrogen-bond donors (Lipinski definition) is 2. The van der Waals surface area contributed by atoms with E-state index in [1.54, 1.807) is 30.5 Å². The van der Waals surface area contributed by atoms with Crippen LogP contribution in [0.25, 0.3) is 17.1 Å². The summed E-state index contributed by atoms with van der Waals surface area (Å²) in [5.41, 5.74) is 9.45. The molecular weight excluding hydrogens is 400 g/mol. The van der Waals surface area contributed by atoms with Gasteiger partial charge in [0.1, 0.15) is 11.4 Å². The van der Waals surface area contributed by atoms with Gasteiger partial charge in [-0.2, -0.15) is 9.78 Å². The van der Waals surface area contributed by atoms with Crippen LogP contribution >= 0.6 is 0 Å². The number of nitrogens with zero attached hydrogens (tertiary/aromatic N) is 6. The first-order valence-electron chi connectivity index (χ1n) is 9.93. The van der Waals surface area contributed by atoms with Gasteiger partial charge in [0.25, 0.3) is 5.91 Å². The normalized spacial score (nSPS) is 16.0. The molecule has 0 saturated carbocycles. The zero-order valence-electron chi connectivity index (χ0n) is 16.9. The lowest BCUT2D eigenvalue weighted by Gasteiger charge is -2.11. The van der Waals surface area contributed by atoms with E-state index in [0.717, 1.165) is 19.3 Å². The number of benzene rings is 1. The third-order valence-corrected chi connectivity index (χ3v) is 4.78. The third-order valence-electron chi connectivity index (χ3n) is 4.78. The number of nitrogen functional groups attached to an aromatic ring is 1. The first-order valence-corrected chi connectivity index (χ1v) is 9.93. The molecule has 0 bridgehead atoms. The summed E-state index contributed by atoms with van der Waals surface area (Å²) < 4.78 is 11.5. The predicted molar refractivity (Wildman–Crippen MR) is 113 cm³/mol. The Bertz CT molecular complexity index is 1100. The average molecular weight is 422 g/mol. The summed E-state index contributed by atoms with van der Waals surface area (Å²) in [5.74, 6) is 0.644. The number of carbonyl (C=O) groups excluding carboxylic acids is 1. The summed E-state index contributed by atoms with van der Waals surface area (Å²) in [6.45, 7) is 2.45. The molecule has 0 fully saturated rings. The van der Waals surface area contributed by atoms with Gasteiger partial charge < -0.3 is 10.5 Å². The van der Waals surface area contributed by atoms with Gasteiger partial charge in [-0.15, -0.1) is 5.10 Å². The first-order chi connectivity index (χ1) is 15.2. The molecule has 11 nitrogen and oxygen atoms in total. The minimum atomic E-state index is -0.507. The van der Waals surface area contributed by atoms with Crippen LogP contribution in [0.1, 0.15) is 36.7 Å². The van der Waals surface area contributed by atoms with Crippen molar-refractivity contribution in [3.8, 4) is 22.8 Å². The molecule has 2 aromatic heterocycles. The van der Waals surface area contributed by atoms with E-state index in [1.807, 2.05) is 6.92 Å². The van der Waals surface area contributed by atoms with E-state index in [9.17, 15) is 4.79 Å². The van der Waals surface area contributed by atoms with E-state index in [4.69, 9.17) is 10.5 Å². The Morgan fingerprint density at radius 1 is 1.35 bits per heavy atom. The van der Waals surface area contributed by atoms with E-state index in [2.05, 4.69) is 47.9 Å². The first kappa shape index (κ1) is 20.3. The van der Waals surface area contributed by atoms with Crippen molar-refractivity contribution in [1.29, 1.82) is 0 Å². The molecule has 3 aromatic rings. The lowest BCUT2D eigenvalue weighted by molar-refractivity contribution is 0.0950. The SMILES string of the molecule is CCOc1ccc(-c2c(C(=O)N/N=C\[C@H]3CC=CCC3)nnn2-c2nonc2N)cc1. The maximum Gasteiger partial charge on any atom is 0.294 e. The minimum Gasteiger partial charge on any atom is -0.494 e. The molecule has 1 aliphatic carbocycles. The lowest BCUT2D eigenvalue weighted by Crippen LogP contribution is -2.20. The van der Waals surface area contributed by atoms with Crippen LogP contribution in [0.4, 0.5) is 5.82 Å². The number of rotatable bonds is 7. The fourth-order valence-electron chi connectivity index (χ4n) is 3.26. The Morgan fingerprint density at radius 2 is 2.19 bits per heavy atom. The molecule has 1 amide bonds. The third kappa shape index (κ3) is 4.44. The van der Waals surface area contributed by atoms with Crippen molar-refractivity contribution in [3.63, 3.8) is 0 Å². The summed E-state index contributed by atoms with van der Waals surface area (Å²) in [4.78, 5) is 12.8. The molecule has 4 rings (SSSR count). The molecule has 2 heterocycles. The van der Waals surface area contributed by atoms with Crippen LogP contribution in [0.5, 0.6) is 5.75 Å². The van der Waals surface area contributed by atoms with Gasteiger partial charge in [-0.05, 0) is 66.7 Å². The van der Waals surface area contributed by atoms with Crippen LogP contribution in [-0.4, -0.2) is 44.0 Å². The van der Waals surface area contributed by atoms with Crippen LogP contribution < -0.4 is 15.9 Å². The molecule has 0 aliphatic heterocycles. The van der Waals surface area contributed by atoms with Gasteiger partial charge in [-0.3, -0.25) is 4.79 Å². The Morgan fingerprint density at radius 3 is 2.87 bits per heavy atom. The quantitative estimate of drug-likeness (QED) is 0.335. The van der Waals surface area contributed by atoms with Gasteiger partial charge >= 0.3 is 0 Å². The second kappa shape index (κ2) is 9.20. The molecule has 1 atom stereocenters. The van der Waals surface area contributed by atoms with Gasteiger partial charge in [0.15, 0.2) is 5.69 Å². The van der Waals surface area contributed by atoms with Crippen LogP contribution in [0.15, 0.2) is 46.1 Å². The van der Waals surface area contributed by atoms with Gasteiger partial charge in [0.2, 0.25) is 11.6 Å². The van der Waals surface area contributed by atoms with E-state index < -0.39 is 5.91 Å². The molecule has 3 N–H and O–H groups in total. The maximum atomic E-state index is 12.8. The Balaban J connectivity index is 1.65. The number of ether oxygens (including phenoxy) is 1. The lowest BCUT2D eigenvalue weighted by atomic mass is 9.96. The number of aromatic nitrogens is 5. The molecule has 0 spiro atoms. The fraction of sp³-hybridized carbons (Fsp3) is 0.300. The number of anilines is 1. The summed E-state index contributed by atoms with van der Waals surface area (Å²) in [5, 5.41) is 19.5. The highest BCUT2D eigenvalue weighted by molar-refractivity contribution is 5.98. The number of hydrazone groups is 1. The molecule has 11 heteroatoms. The molecular formula is C20H22N8O3. The second-order valence-electron chi connectivity index (χ2n) is 6.89. The molecule has 160 valence electrons. The summed E-state index contributed by atoms with van der Waals surface area (Å²) in [6, 6.07) is 7.16. The maximum absolute atomic E-state index is 12.8. The number of nitrogens with two attached hydrogens (primary N) is 1. The minimum absolute atomic E-state index is 0.0208. The van der Waals surface area contributed by atoms with Gasteiger partial charge in [0.05, 0.1) is 6.61 Å². The van der Waals surface area contributed by atoms with Crippen molar-refractivity contribution in [2.75, 3.05) is 12.3 Å². The van der Waals surface area contributed by atoms with E-state index in [0.29, 0.717) is 29.5 Å². The van der Waals surface area contributed by atoms with Gasteiger partial charge in [-0.1, -0.05) is 17.4 Å². The van der Waals surface area contributed by atoms with Crippen LogP contribution in [0, 0.1) is 5.92 Å². The van der Waals surface area contributed by atoms with E-state index in [1.165, 1.54) is 4.68 Å². The molecule has 31 heavy (non-hydrogen) atoms. The predicted octanol–water partition coefficient (Wildman–Crippen LogP) is 2.37. The van der Waals surface area contributed by atoms with Gasteiger partial charge in [-0.25, -0.2) is 10.1 Å². The number of amides is 1. The second-order valence-corrected chi connectivity index (χ2v) is 6.89.